The van der Waals surface area contributed by atoms with E-state index in [-0.39, 0.29) is 6.61 Å². The maximum absolute atomic E-state index is 12.0. The maximum atomic E-state index is 12.0. The molecular weight excluding hydrogens is 394 g/mol. The quantitative estimate of drug-likeness (QED) is 0.456. The van der Waals surface area contributed by atoms with Gasteiger partial charge in [0.2, 0.25) is 0 Å². The number of carbonyl (C=O) groups excluding carboxylic acids is 2. The number of ether oxygens (including phenoxy) is 1. The molecule has 0 saturated heterocycles. The molecule has 1 heterocycles. The van der Waals surface area contributed by atoms with E-state index in [1.54, 1.807) is 30.3 Å². The van der Waals surface area contributed by atoms with Gasteiger partial charge in [0.05, 0.1) is 24.1 Å². The molecule has 0 radical (unpaired) electrons. The highest BCUT2D eigenvalue weighted by molar-refractivity contribution is 5.97. The van der Waals surface area contributed by atoms with E-state index in [0.717, 1.165) is 16.5 Å². The fourth-order valence-electron chi connectivity index (χ4n) is 2.91. The zero-order valence-corrected chi connectivity index (χ0v) is 16.5. The number of nitriles is 2. The summed E-state index contributed by atoms with van der Waals surface area (Å²) < 4.78 is 7.27. The number of rotatable bonds is 7. The fourth-order valence-corrected chi connectivity index (χ4v) is 2.91. The van der Waals surface area contributed by atoms with E-state index < -0.39 is 11.8 Å². The van der Waals surface area contributed by atoms with E-state index in [9.17, 15) is 9.59 Å². The first-order chi connectivity index (χ1) is 15.1. The van der Waals surface area contributed by atoms with Crippen molar-refractivity contribution < 1.29 is 14.3 Å². The number of benzene rings is 2. The van der Waals surface area contributed by atoms with Crippen molar-refractivity contribution in [3.63, 3.8) is 0 Å². The molecule has 2 amide bonds. The first-order valence-corrected chi connectivity index (χ1v) is 9.45. The summed E-state index contributed by atoms with van der Waals surface area (Å²) in [5.74, 6) is -0.590. The Morgan fingerprint density at radius 1 is 1.06 bits per heavy atom. The second-order valence-corrected chi connectivity index (χ2v) is 6.50. The number of amides is 2. The second kappa shape index (κ2) is 10.3. The number of hydrogen-bond donors (Lipinski definition) is 2. The Labute approximate surface area is 178 Å². The molecule has 0 aliphatic rings. The highest BCUT2D eigenvalue weighted by Gasteiger charge is 2.07. The van der Waals surface area contributed by atoms with Gasteiger partial charge in [-0.1, -0.05) is 18.2 Å². The minimum Gasteiger partial charge on any atom is -0.484 e. The summed E-state index contributed by atoms with van der Waals surface area (Å²) in [6, 6.07) is 18.2. The molecule has 8 heteroatoms. The minimum absolute atomic E-state index is 0.289. The summed E-state index contributed by atoms with van der Waals surface area (Å²) in [7, 11) is 0. The average Bonchev–Trinajstić information content (AvgIpc) is 3.16. The van der Waals surface area contributed by atoms with Crippen LogP contribution in [-0.4, -0.2) is 23.0 Å². The smallest absolute Gasteiger partial charge is 0.276 e. The first kappa shape index (κ1) is 21.2. The Bertz CT molecular complexity index is 1200. The summed E-state index contributed by atoms with van der Waals surface area (Å²) in [4.78, 5) is 23.9. The van der Waals surface area contributed by atoms with Crippen LogP contribution in [0.3, 0.4) is 0 Å². The van der Waals surface area contributed by atoms with Crippen molar-refractivity contribution in [3.8, 4) is 17.9 Å². The van der Waals surface area contributed by atoms with Crippen molar-refractivity contribution in [1.29, 1.82) is 10.5 Å². The van der Waals surface area contributed by atoms with Gasteiger partial charge in [-0.05, 0) is 36.4 Å². The van der Waals surface area contributed by atoms with Gasteiger partial charge in [-0.15, -0.1) is 0 Å². The Kier molecular flexibility index (Phi) is 7.02. The molecule has 1 aromatic heterocycles. The molecule has 0 aliphatic heterocycles. The number of carbonyl (C=O) groups is 2. The molecule has 3 aromatic rings. The van der Waals surface area contributed by atoms with Crippen molar-refractivity contribution in [2.24, 2.45) is 0 Å². The zero-order chi connectivity index (χ0) is 22.1. The van der Waals surface area contributed by atoms with Gasteiger partial charge in [0, 0.05) is 35.3 Å². The summed E-state index contributed by atoms with van der Waals surface area (Å²) in [6.45, 7) is 0.272. The van der Waals surface area contributed by atoms with Crippen LogP contribution in [0.25, 0.3) is 17.0 Å². The van der Waals surface area contributed by atoms with Crippen LogP contribution < -0.4 is 15.6 Å². The lowest BCUT2D eigenvalue weighted by atomic mass is 10.1. The van der Waals surface area contributed by atoms with Crippen LogP contribution in [0.4, 0.5) is 0 Å². The van der Waals surface area contributed by atoms with Crippen LogP contribution in [0.1, 0.15) is 17.5 Å². The lowest BCUT2D eigenvalue weighted by Crippen LogP contribution is -2.43. The van der Waals surface area contributed by atoms with Gasteiger partial charge >= 0.3 is 0 Å². The van der Waals surface area contributed by atoms with Crippen molar-refractivity contribution in [1.82, 2.24) is 15.4 Å². The van der Waals surface area contributed by atoms with Gasteiger partial charge in [0.25, 0.3) is 11.8 Å². The van der Waals surface area contributed by atoms with E-state index >= 15 is 0 Å². The maximum Gasteiger partial charge on any atom is 0.276 e. The molecule has 31 heavy (non-hydrogen) atoms. The number of nitrogens with one attached hydrogen (secondary N) is 2. The van der Waals surface area contributed by atoms with Gasteiger partial charge in [0.15, 0.2) is 6.61 Å². The van der Waals surface area contributed by atoms with Gasteiger partial charge in [0.1, 0.15) is 5.75 Å². The molecule has 0 unspecified atom stereocenters. The highest BCUT2D eigenvalue weighted by atomic mass is 16.5. The van der Waals surface area contributed by atoms with Crippen molar-refractivity contribution >= 4 is 28.8 Å². The molecule has 2 N–H and O–H groups in total. The van der Waals surface area contributed by atoms with E-state index in [1.807, 2.05) is 41.1 Å². The summed E-state index contributed by atoms with van der Waals surface area (Å²) in [5.41, 5.74) is 6.87. The lowest BCUT2D eigenvalue weighted by molar-refractivity contribution is -0.128. The number of hydrazine groups is 1. The van der Waals surface area contributed by atoms with E-state index in [1.165, 1.54) is 6.08 Å². The molecule has 0 atom stereocenters. The Hall–Kier alpha value is -4.56. The van der Waals surface area contributed by atoms with Crippen LogP contribution in [0.2, 0.25) is 0 Å². The predicted octanol–water partition coefficient (Wildman–Crippen LogP) is 2.67. The topological polar surface area (TPSA) is 120 Å². The zero-order valence-electron chi connectivity index (χ0n) is 16.5. The van der Waals surface area contributed by atoms with Crippen molar-refractivity contribution in [2.75, 3.05) is 6.61 Å². The number of aromatic nitrogens is 1. The Balaban J connectivity index is 1.53. The molecule has 0 fully saturated rings. The molecule has 2 aromatic carbocycles. The Morgan fingerprint density at radius 2 is 1.84 bits per heavy atom. The molecule has 154 valence electrons. The van der Waals surface area contributed by atoms with Crippen LogP contribution >= 0.6 is 0 Å². The summed E-state index contributed by atoms with van der Waals surface area (Å²) in [5, 5.41) is 18.5. The fraction of sp³-hybridized carbons (Fsp3) is 0.130. The average molecular weight is 413 g/mol. The normalized spacial score (nSPS) is 10.4. The number of para-hydroxylation sites is 1. The van der Waals surface area contributed by atoms with E-state index in [0.29, 0.717) is 24.3 Å². The number of hydrogen-bond acceptors (Lipinski definition) is 5. The molecule has 3 rings (SSSR count). The third kappa shape index (κ3) is 5.72. The third-order valence-corrected chi connectivity index (χ3v) is 4.38. The van der Waals surface area contributed by atoms with Crippen LogP contribution in [0, 0.1) is 22.7 Å². The molecular formula is C23H19N5O3. The third-order valence-electron chi connectivity index (χ3n) is 4.38. The monoisotopic (exact) mass is 413 g/mol. The SMILES string of the molecule is N#CCCn1cc(/C=C/C(=O)NNC(=O)COc2ccc(C#N)cc2)c2ccccc21. The van der Waals surface area contributed by atoms with Crippen LogP contribution in [0.5, 0.6) is 5.75 Å². The van der Waals surface area contributed by atoms with E-state index in [4.69, 9.17) is 15.3 Å². The van der Waals surface area contributed by atoms with Gasteiger partial charge < -0.3 is 9.30 Å². The van der Waals surface area contributed by atoms with Crippen molar-refractivity contribution in [2.45, 2.75) is 13.0 Å². The minimum atomic E-state index is -0.529. The standard InChI is InChI=1S/C23H19N5O3/c24-12-3-13-28-15-18(20-4-1-2-5-21(20)28)8-11-22(29)26-27-23(30)16-31-19-9-6-17(14-25)7-10-19/h1-2,4-11,15H,3,13,16H2,(H,26,29)(H,27,30)/b11-8+. The molecule has 0 saturated carbocycles. The van der Waals surface area contributed by atoms with Gasteiger partial charge in [-0.25, -0.2) is 0 Å². The summed E-state index contributed by atoms with van der Waals surface area (Å²) in [6.07, 6.45) is 5.24. The molecule has 8 nitrogen and oxygen atoms in total. The number of fused-ring (bicyclic) bond motifs is 1. The number of aryl methyl sites for hydroxylation is 1. The lowest BCUT2D eigenvalue weighted by Gasteiger charge is -2.07. The van der Waals surface area contributed by atoms with Crippen LogP contribution in [-0.2, 0) is 16.1 Å². The number of nitrogens with zero attached hydrogens (tertiary/aromatic N) is 3. The van der Waals surface area contributed by atoms with Gasteiger partial charge in [-0.3, -0.25) is 20.4 Å². The molecule has 0 aliphatic carbocycles. The predicted molar refractivity (Wildman–Crippen MR) is 114 cm³/mol. The first-order valence-electron chi connectivity index (χ1n) is 9.45. The Morgan fingerprint density at radius 3 is 2.58 bits per heavy atom. The van der Waals surface area contributed by atoms with Gasteiger partial charge in [-0.2, -0.15) is 10.5 Å². The highest BCUT2D eigenvalue weighted by Crippen LogP contribution is 2.22. The van der Waals surface area contributed by atoms with E-state index in [2.05, 4.69) is 16.9 Å². The van der Waals surface area contributed by atoms with Crippen LogP contribution in [0.15, 0.2) is 60.8 Å². The summed E-state index contributed by atoms with van der Waals surface area (Å²) >= 11 is 0. The van der Waals surface area contributed by atoms with Crippen molar-refractivity contribution in [3.05, 3.63) is 71.9 Å². The molecule has 0 spiro atoms. The second-order valence-electron chi connectivity index (χ2n) is 6.50. The molecule has 0 bridgehead atoms. The largest absolute Gasteiger partial charge is 0.484 e.